The summed E-state index contributed by atoms with van der Waals surface area (Å²) < 4.78 is 10.5. The van der Waals surface area contributed by atoms with Crippen molar-refractivity contribution in [2.75, 3.05) is 14.2 Å². The van der Waals surface area contributed by atoms with Gasteiger partial charge >= 0.3 is 0 Å². The molecule has 0 aliphatic carbocycles. The highest BCUT2D eigenvalue weighted by molar-refractivity contribution is 7.20. The highest BCUT2D eigenvalue weighted by Gasteiger charge is 2.23. The summed E-state index contributed by atoms with van der Waals surface area (Å²) >= 11 is 13.5. The summed E-state index contributed by atoms with van der Waals surface area (Å²) in [6.07, 6.45) is 0. The molecule has 2 heterocycles. The first kappa shape index (κ1) is 20.8. The lowest BCUT2D eigenvalue weighted by Gasteiger charge is -2.15. The molecule has 1 N–H and O–H groups in total. The smallest absolute Gasteiger partial charge is 0.262 e. The van der Waals surface area contributed by atoms with E-state index in [0.717, 1.165) is 16.5 Å². The SMILES string of the molecule is COCc1nc(OC)c2c(C)c(C(=O)NC(C)c3ccc(Cl)cc3Cl)sc2n1. The minimum Gasteiger partial charge on any atom is -0.480 e. The van der Waals surface area contributed by atoms with Crippen LogP contribution in [0.15, 0.2) is 18.2 Å². The highest BCUT2D eigenvalue weighted by atomic mass is 35.5. The molecule has 9 heteroatoms. The van der Waals surface area contributed by atoms with Crippen LogP contribution in [0.5, 0.6) is 5.88 Å². The van der Waals surface area contributed by atoms with Gasteiger partial charge in [0.05, 0.1) is 23.4 Å². The number of halogens is 2. The van der Waals surface area contributed by atoms with E-state index in [4.69, 9.17) is 32.7 Å². The first-order chi connectivity index (χ1) is 13.3. The Morgan fingerprint density at radius 1 is 1.29 bits per heavy atom. The molecular formula is C19H19Cl2N3O3S. The third-order valence-corrected chi connectivity index (χ3v) is 6.00. The fourth-order valence-corrected chi connectivity index (χ4v) is 4.56. The van der Waals surface area contributed by atoms with Crippen molar-refractivity contribution in [3.8, 4) is 5.88 Å². The monoisotopic (exact) mass is 439 g/mol. The van der Waals surface area contributed by atoms with Crippen LogP contribution in [-0.2, 0) is 11.3 Å². The van der Waals surface area contributed by atoms with Gasteiger partial charge < -0.3 is 14.8 Å². The maximum atomic E-state index is 12.9. The van der Waals surface area contributed by atoms with Crippen LogP contribution in [-0.4, -0.2) is 30.1 Å². The predicted molar refractivity (Wildman–Crippen MR) is 112 cm³/mol. The zero-order valence-corrected chi connectivity index (χ0v) is 18.1. The molecule has 3 aromatic rings. The molecule has 0 bridgehead atoms. The Morgan fingerprint density at radius 2 is 2.04 bits per heavy atom. The van der Waals surface area contributed by atoms with Crippen molar-refractivity contribution in [3.05, 3.63) is 50.1 Å². The Labute approximate surface area is 176 Å². The number of amides is 1. The number of nitrogens with one attached hydrogen (secondary N) is 1. The van der Waals surface area contributed by atoms with E-state index >= 15 is 0 Å². The standard InChI is InChI=1S/C19H19Cl2N3O3S/c1-9-15-18(27-4)23-14(8-26-3)24-19(15)28-16(9)17(25)22-10(2)12-6-5-11(20)7-13(12)21/h5-7,10H,8H2,1-4H3,(H,22,25). The number of hydrogen-bond donors (Lipinski definition) is 1. The van der Waals surface area contributed by atoms with Crippen LogP contribution in [0, 0.1) is 6.92 Å². The van der Waals surface area contributed by atoms with Crippen molar-refractivity contribution in [3.63, 3.8) is 0 Å². The third kappa shape index (κ3) is 4.07. The van der Waals surface area contributed by atoms with E-state index in [1.165, 1.54) is 11.3 Å². The van der Waals surface area contributed by atoms with Crippen molar-refractivity contribution in [1.29, 1.82) is 0 Å². The molecule has 3 rings (SSSR count). The van der Waals surface area contributed by atoms with Gasteiger partial charge in [0.1, 0.15) is 11.4 Å². The van der Waals surface area contributed by atoms with Crippen molar-refractivity contribution in [2.45, 2.75) is 26.5 Å². The summed E-state index contributed by atoms with van der Waals surface area (Å²) in [5.74, 6) is 0.717. The Bertz CT molecular complexity index is 1040. The van der Waals surface area contributed by atoms with Crippen LogP contribution in [0.2, 0.25) is 10.0 Å². The lowest BCUT2D eigenvalue weighted by atomic mass is 10.1. The van der Waals surface area contributed by atoms with E-state index in [9.17, 15) is 4.79 Å². The topological polar surface area (TPSA) is 73.3 Å². The second-order valence-electron chi connectivity index (χ2n) is 6.18. The minimum absolute atomic E-state index is 0.214. The molecule has 0 saturated heterocycles. The van der Waals surface area contributed by atoms with Crippen molar-refractivity contribution >= 4 is 50.7 Å². The van der Waals surface area contributed by atoms with Crippen molar-refractivity contribution in [1.82, 2.24) is 15.3 Å². The van der Waals surface area contributed by atoms with Gasteiger partial charge in [-0.2, -0.15) is 4.98 Å². The van der Waals surface area contributed by atoms with Gasteiger partial charge in [0.2, 0.25) is 5.88 Å². The first-order valence-corrected chi connectivity index (χ1v) is 10.0. The predicted octanol–water partition coefficient (Wildman–Crippen LogP) is 4.95. The second kappa shape index (κ2) is 8.61. The summed E-state index contributed by atoms with van der Waals surface area (Å²) in [6, 6.07) is 4.91. The Kier molecular flexibility index (Phi) is 6.40. The quantitative estimate of drug-likeness (QED) is 0.587. The van der Waals surface area contributed by atoms with Crippen molar-refractivity contribution in [2.24, 2.45) is 0 Å². The molecule has 0 saturated carbocycles. The number of benzene rings is 1. The van der Waals surface area contributed by atoms with Gasteiger partial charge in [-0.25, -0.2) is 4.98 Å². The number of rotatable bonds is 6. The molecule has 2 aromatic heterocycles. The van der Waals surface area contributed by atoms with E-state index in [2.05, 4.69) is 15.3 Å². The van der Waals surface area contributed by atoms with Gasteiger partial charge in [-0.15, -0.1) is 11.3 Å². The summed E-state index contributed by atoms with van der Waals surface area (Å²) in [7, 11) is 3.11. The van der Waals surface area contributed by atoms with Crippen LogP contribution in [0.3, 0.4) is 0 Å². The van der Waals surface area contributed by atoms with E-state index in [1.54, 1.807) is 32.4 Å². The van der Waals surface area contributed by atoms with E-state index in [0.29, 0.717) is 31.5 Å². The fraction of sp³-hybridized carbons (Fsp3) is 0.316. The molecule has 0 fully saturated rings. The summed E-state index contributed by atoms with van der Waals surface area (Å²) in [5, 5.41) is 4.76. The number of aryl methyl sites for hydroxylation is 1. The Balaban J connectivity index is 1.94. The second-order valence-corrected chi connectivity index (χ2v) is 8.02. The maximum Gasteiger partial charge on any atom is 0.262 e. The number of hydrogen-bond acceptors (Lipinski definition) is 6. The number of methoxy groups -OCH3 is 2. The molecule has 1 amide bonds. The molecule has 28 heavy (non-hydrogen) atoms. The number of fused-ring (bicyclic) bond motifs is 1. The van der Waals surface area contributed by atoms with Gasteiger partial charge in [-0.1, -0.05) is 29.3 Å². The Hall–Kier alpha value is -1.93. The molecule has 1 aromatic carbocycles. The Morgan fingerprint density at radius 3 is 2.68 bits per heavy atom. The number of thiophene rings is 1. The number of aromatic nitrogens is 2. The molecule has 1 atom stereocenters. The van der Waals surface area contributed by atoms with E-state index in [-0.39, 0.29) is 18.6 Å². The van der Waals surface area contributed by atoms with Crippen LogP contribution >= 0.6 is 34.5 Å². The lowest BCUT2D eigenvalue weighted by molar-refractivity contribution is 0.0943. The molecule has 0 aliphatic heterocycles. The van der Waals surface area contributed by atoms with Gasteiger partial charge in [0, 0.05) is 17.2 Å². The third-order valence-electron chi connectivity index (χ3n) is 4.25. The molecule has 148 valence electrons. The minimum atomic E-state index is -0.293. The largest absolute Gasteiger partial charge is 0.480 e. The van der Waals surface area contributed by atoms with Gasteiger partial charge in [0.15, 0.2) is 5.82 Å². The lowest BCUT2D eigenvalue weighted by Crippen LogP contribution is -2.26. The zero-order chi connectivity index (χ0) is 20.4. The molecule has 0 radical (unpaired) electrons. The van der Waals surface area contributed by atoms with Crippen LogP contribution in [0.4, 0.5) is 0 Å². The number of nitrogens with zero attached hydrogens (tertiary/aromatic N) is 2. The molecule has 0 aliphatic rings. The van der Waals surface area contributed by atoms with Crippen LogP contribution in [0.25, 0.3) is 10.2 Å². The number of carbonyl (C=O) groups is 1. The number of carbonyl (C=O) groups excluding carboxylic acids is 1. The van der Waals surface area contributed by atoms with Crippen molar-refractivity contribution < 1.29 is 14.3 Å². The van der Waals surface area contributed by atoms with E-state index < -0.39 is 0 Å². The van der Waals surface area contributed by atoms with E-state index in [1.807, 2.05) is 13.8 Å². The first-order valence-electron chi connectivity index (χ1n) is 8.44. The molecule has 1 unspecified atom stereocenters. The highest BCUT2D eigenvalue weighted by Crippen LogP contribution is 2.35. The van der Waals surface area contributed by atoms with Gasteiger partial charge in [-0.3, -0.25) is 4.79 Å². The maximum absolute atomic E-state index is 12.9. The van der Waals surface area contributed by atoms with Gasteiger partial charge in [-0.05, 0) is 37.1 Å². The average molecular weight is 440 g/mol. The summed E-state index contributed by atoms with van der Waals surface area (Å²) in [5.41, 5.74) is 1.56. The molecule has 0 spiro atoms. The van der Waals surface area contributed by atoms with Crippen LogP contribution < -0.4 is 10.1 Å². The van der Waals surface area contributed by atoms with Gasteiger partial charge in [0.25, 0.3) is 5.91 Å². The zero-order valence-electron chi connectivity index (χ0n) is 15.8. The average Bonchev–Trinajstić information content (AvgIpc) is 2.98. The number of ether oxygens (including phenoxy) is 2. The molecule has 6 nitrogen and oxygen atoms in total. The molecular weight excluding hydrogens is 421 g/mol. The normalized spacial score (nSPS) is 12.2. The fourth-order valence-electron chi connectivity index (χ4n) is 2.89. The summed E-state index contributed by atoms with van der Waals surface area (Å²) in [4.78, 5) is 23.0. The summed E-state index contributed by atoms with van der Waals surface area (Å²) in [6.45, 7) is 3.99. The van der Waals surface area contributed by atoms with Crippen LogP contribution in [0.1, 0.15) is 39.6 Å².